The molecule has 2 heterocycles. The molecule has 1 amide bonds. The molecule has 8 heteroatoms. The second kappa shape index (κ2) is 5.08. The van der Waals surface area contributed by atoms with Crippen LogP contribution in [0.5, 0.6) is 17.2 Å². The smallest absolute Gasteiger partial charge is 0.258 e. The average molecular weight is 276 g/mol. The van der Waals surface area contributed by atoms with Crippen molar-refractivity contribution in [3.8, 4) is 17.2 Å². The summed E-state index contributed by atoms with van der Waals surface area (Å²) in [5.41, 5.74) is 0.377. The zero-order valence-electron chi connectivity index (χ0n) is 10.7. The van der Waals surface area contributed by atoms with Crippen molar-refractivity contribution >= 4 is 11.9 Å². The van der Waals surface area contributed by atoms with Gasteiger partial charge in [-0.3, -0.25) is 10.1 Å². The molecule has 1 aromatic heterocycles. The lowest BCUT2D eigenvalue weighted by Gasteiger charge is -2.21. The molecule has 3 rings (SSSR count). The number of amides is 1. The molecule has 0 aliphatic carbocycles. The molecule has 0 bridgehead atoms. The molecule has 8 nitrogen and oxygen atoms in total. The summed E-state index contributed by atoms with van der Waals surface area (Å²) in [5.74, 6) is 1.36. The molecule has 1 aliphatic rings. The summed E-state index contributed by atoms with van der Waals surface area (Å²) >= 11 is 0. The Morgan fingerprint density at radius 2 is 2.25 bits per heavy atom. The van der Waals surface area contributed by atoms with Crippen LogP contribution in [-0.2, 0) is 0 Å². The molecule has 20 heavy (non-hydrogen) atoms. The molecule has 0 fully saturated rings. The van der Waals surface area contributed by atoms with Gasteiger partial charge in [-0.2, -0.15) is 10.1 Å². The molecule has 0 unspecified atom stereocenters. The minimum atomic E-state index is -0.350. The zero-order chi connectivity index (χ0) is 13.9. The second-order valence-electron chi connectivity index (χ2n) is 3.99. The number of rotatable bonds is 3. The van der Waals surface area contributed by atoms with Gasteiger partial charge in [-0.15, -0.1) is 0 Å². The maximum absolute atomic E-state index is 12.1. The molecule has 1 aliphatic heterocycles. The number of methoxy groups -OCH3 is 1. The number of hydrogen-bond donors (Lipinski definition) is 2. The van der Waals surface area contributed by atoms with Gasteiger partial charge in [-0.1, -0.05) is 0 Å². The number of nitrogens with one attached hydrogen (secondary N) is 2. The van der Waals surface area contributed by atoms with Crippen molar-refractivity contribution in [1.29, 1.82) is 0 Å². The quantitative estimate of drug-likeness (QED) is 0.861. The maximum atomic E-state index is 12.1. The van der Waals surface area contributed by atoms with Crippen LogP contribution in [0.15, 0.2) is 18.5 Å². The van der Waals surface area contributed by atoms with Crippen LogP contribution < -0.4 is 19.5 Å². The molecule has 2 N–H and O–H groups in total. The van der Waals surface area contributed by atoms with Crippen molar-refractivity contribution in [3.63, 3.8) is 0 Å². The van der Waals surface area contributed by atoms with Crippen molar-refractivity contribution in [2.75, 3.05) is 25.6 Å². The van der Waals surface area contributed by atoms with E-state index in [1.54, 1.807) is 12.1 Å². The van der Waals surface area contributed by atoms with Crippen molar-refractivity contribution in [3.05, 3.63) is 24.0 Å². The Bertz CT molecular complexity index is 609. The summed E-state index contributed by atoms with van der Waals surface area (Å²) < 4.78 is 16.2. The number of nitrogens with zero attached hydrogens (tertiary/aromatic N) is 2. The predicted octanol–water partition coefficient (Wildman–Crippen LogP) is 0.837. The van der Waals surface area contributed by atoms with E-state index in [1.807, 2.05) is 0 Å². The lowest BCUT2D eigenvalue weighted by molar-refractivity contribution is 0.102. The number of benzene rings is 1. The van der Waals surface area contributed by atoms with E-state index in [1.165, 1.54) is 13.4 Å². The Morgan fingerprint density at radius 3 is 3.00 bits per heavy atom. The van der Waals surface area contributed by atoms with E-state index in [9.17, 15) is 4.79 Å². The highest BCUT2D eigenvalue weighted by atomic mass is 16.6. The van der Waals surface area contributed by atoms with E-state index in [4.69, 9.17) is 14.2 Å². The van der Waals surface area contributed by atoms with Crippen molar-refractivity contribution in [2.24, 2.45) is 0 Å². The van der Waals surface area contributed by atoms with Gasteiger partial charge in [0.15, 0.2) is 11.5 Å². The lowest BCUT2D eigenvalue weighted by atomic mass is 10.1. The summed E-state index contributed by atoms with van der Waals surface area (Å²) in [6.07, 6.45) is 1.31. The van der Waals surface area contributed by atoms with Crippen LogP contribution in [0.2, 0.25) is 0 Å². The summed E-state index contributed by atoms with van der Waals surface area (Å²) in [5, 5.41) is 8.78. The van der Waals surface area contributed by atoms with E-state index in [-0.39, 0.29) is 11.9 Å². The molecule has 0 radical (unpaired) electrons. The number of ether oxygens (including phenoxy) is 3. The molecular formula is C12H12N4O4. The highest BCUT2D eigenvalue weighted by Crippen LogP contribution is 2.40. The fourth-order valence-corrected chi connectivity index (χ4v) is 1.85. The van der Waals surface area contributed by atoms with Gasteiger partial charge in [0, 0.05) is 5.56 Å². The first-order chi connectivity index (χ1) is 9.78. The standard InChI is InChI=1S/C12H12N4O4/c1-18-8-4-7(5-9-10(8)20-3-2-19-9)11(17)15-12-13-6-14-16-12/h4-6H,2-3H2,1H3,(H2,13,14,15,16,17). The Labute approximate surface area is 114 Å². The molecule has 0 atom stereocenters. The van der Waals surface area contributed by atoms with Gasteiger partial charge in [0.1, 0.15) is 19.5 Å². The highest BCUT2D eigenvalue weighted by molar-refractivity contribution is 6.04. The summed E-state index contributed by atoms with van der Waals surface area (Å²) in [6.45, 7) is 0.885. The molecule has 0 saturated heterocycles. The minimum Gasteiger partial charge on any atom is -0.493 e. The Morgan fingerprint density at radius 1 is 1.40 bits per heavy atom. The van der Waals surface area contributed by atoms with Crippen LogP contribution in [-0.4, -0.2) is 41.4 Å². The van der Waals surface area contributed by atoms with Crippen LogP contribution in [0.3, 0.4) is 0 Å². The van der Waals surface area contributed by atoms with E-state index in [2.05, 4.69) is 20.5 Å². The van der Waals surface area contributed by atoms with E-state index < -0.39 is 0 Å². The zero-order valence-corrected chi connectivity index (χ0v) is 10.7. The van der Waals surface area contributed by atoms with Crippen LogP contribution in [0.25, 0.3) is 0 Å². The largest absolute Gasteiger partial charge is 0.493 e. The highest BCUT2D eigenvalue weighted by Gasteiger charge is 2.21. The summed E-state index contributed by atoms with van der Waals surface area (Å²) in [7, 11) is 1.51. The Balaban J connectivity index is 1.91. The molecule has 1 aromatic carbocycles. The predicted molar refractivity (Wildman–Crippen MR) is 68.3 cm³/mol. The fourth-order valence-electron chi connectivity index (χ4n) is 1.85. The third-order valence-electron chi connectivity index (χ3n) is 2.74. The van der Waals surface area contributed by atoms with Crippen molar-refractivity contribution in [1.82, 2.24) is 15.2 Å². The third-order valence-corrected chi connectivity index (χ3v) is 2.74. The number of fused-ring (bicyclic) bond motifs is 1. The lowest BCUT2D eigenvalue weighted by Crippen LogP contribution is -2.18. The third kappa shape index (κ3) is 2.22. The van der Waals surface area contributed by atoms with Crippen LogP contribution in [0, 0.1) is 0 Å². The maximum Gasteiger partial charge on any atom is 0.258 e. The van der Waals surface area contributed by atoms with Crippen molar-refractivity contribution in [2.45, 2.75) is 0 Å². The van der Waals surface area contributed by atoms with Gasteiger partial charge in [-0.25, -0.2) is 5.10 Å². The minimum absolute atomic E-state index is 0.267. The van der Waals surface area contributed by atoms with E-state index >= 15 is 0 Å². The number of aromatic amines is 1. The first-order valence-corrected chi connectivity index (χ1v) is 5.92. The van der Waals surface area contributed by atoms with Gasteiger partial charge in [0.2, 0.25) is 11.7 Å². The summed E-state index contributed by atoms with van der Waals surface area (Å²) in [4.78, 5) is 15.9. The monoisotopic (exact) mass is 276 g/mol. The topological polar surface area (TPSA) is 98.4 Å². The Kier molecular flexibility index (Phi) is 3.12. The second-order valence-corrected chi connectivity index (χ2v) is 3.99. The number of anilines is 1. The summed E-state index contributed by atoms with van der Waals surface area (Å²) in [6, 6.07) is 3.18. The van der Waals surface area contributed by atoms with Crippen LogP contribution in [0.1, 0.15) is 10.4 Å². The molecule has 2 aromatic rings. The molecular weight excluding hydrogens is 264 g/mol. The van der Waals surface area contributed by atoms with Gasteiger partial charge in [0.25, 0.3) is 5.91 Å². The Hall–Kier alpha value is -2.77. The van der Waals surface area contributed by atoms with E-state index in [0.29, 0.717) is 36.0 Å². The van der Waals surface area contributed by atoms with Gasteiger partial charge < -0.3 is 14.2 Å². The SMILES string of the molecule is COc1cc(C(=O)Nc2ncn[nH]2)cc2c1OCCO2. The first-order valence-electron chi connectivity index (χ1n) is 5.92. The van der Waals surface area contributed by atoms with E-state index in [0.717, 1.165) is 0 Å². The first kappa shape index (κ1) is 12.3. The fraction of sp³-hybridized carbons (Fsp3) is 0.250. The van der Waals surface area contributed by atoms with Gasteiger partial charge in [0.05, 0.1) is 7.11 Å². The number of hydrogen-bond acceptors (Lipinski definition) is 6. The average Bonchev–Trinajstić information content (AvgIpc) is 2.99. The van der Waals surface area contributed by atoms with Crippen molar-refractivity contribution < 1.29 is 19.0 Å². The van der Waals surface area contributed by atoms with Gasteiger partial charge >= 0.3 is 0 Å². The molecule has 0 saturated carbocycles. The number of carbonyl (C=O) groups excluding carboxylic acids is 1. The molecule has 104 valence electrons. The van der Waals surface area contributed by atoms with Crippen LogP contribution in [0.4, 0.5) is 5.95 Å². The number of aromatic nitrogens is 3. The van der Waals surface area contributed by atoms with Crippen LogP contribution >= 0.6 is 0 Å². The van der Waals surface area contributed by atoms with Gasteiger partial charge in [-0.05, 0) is 12.1 Å². The number of H-pyrrole nitrogens is 1. The normalized spacial score (nSPS) is 12.8. The molecule has 0 spiro atoms. The number of carbonyl (C=O) groups is 1.